The molecule has 0 aliphatic carbocycles. The van der Waals surface area contributed by atoms with Crippen LogP contribution in [0.15, 0.2) is 24.3 Å². The number of benzene rings is 1. The number of halogens is 3. The van der Waals surface area contributed by atoms with Crippen molar-refractivity contribution in [2.24, 2.45) is 0 Å². The molecule has 1 saturated heterocycles. The second-order valence-corrected chi connectivity index (χ2v) is 5.57. The van der Waals surface area contributed by atoms with Gasteiger partial charge < -0.3 is 15.4 Å². The van der Waals surface area contributed by atoms with E-state index in [-0.39, 0.29) is 12.6 Å². The number of ether oxygens (including phenoxy) is 1. The highest BCUT2D eigenvalue weighted by Crippen LogP contribution is 2.20. The van der Waals surface area contributed by atoms with E-state index in [0.29, 0.717) is 25.3 Å². The standard InChI is InChI=1S/C15H20F3N3O2/c1-23-9-11-3-2-4-12(7-11)19-14(22)20-13-5-6-21(8-13)10-15(16,17)18/h2-4,7,13H,5-6,8-10H2,1H3,(H2,19,20,22)/t13-/m0/s1. The summed E-state index contributed by atoms with van der Waals surface area (Å²) >= 11 is 0. The molecule has 8 heteroatoms. The molecular formula is C15H20F3N3O2. The van der Waals surface area contributed by atoms with E-state index >= 15 is 0 Å². The number of amides is 2. The molecule has 1 aliphatic rings. The van der Waals surface area contributed by atoms with Gasteiger partial charge in [0.1, 0.15) is 0 Å². The molecule has 0 saturated carbocycles. The molecule has 23 heavy (non-hydrogen) atoms. The zero-order valence-corrected chi connectivity index (χ0v) is 12.8. The van der Waals surface area contributed by atoms with E-state index in [4.69, 9.17) is 4.74 Å². The summed E-state index contributed by atoms with van der Waals surface area (Å²) < 4.78 is 42.0. The molecule has 0 bridgehead atoms. The van der Waals surface area contributed by atoms with Gasteiger partial charge in [0.15, 0.2) is 0 Å². The first-order valence-corrected chi connectivity index (χ1v) is 7.30. The monoisotopic (exact) mass is 331 g/mol. The summed E-state index contributed by atoms with van der Waals surface area (Å²) in [6.07, 6.45) is -3.70. The number of anilines is 1. The summed E-state index contributed by atoms with van der Waals surface area (Å²) in [6.45, 7) is 0.0302. The number of hydrogen-bond donors (Lipinski definition) is 2. The molecule has 0 unspecified atom stereocenters. The van der Waals surface area contributed by atoms with Gasteiger partial charge in [-0.25, -0.2) is 4.79 Å². The van der Waals surface area contributed by atoms with Crippen molar-refractivity contribution in [3.05, 3.63) is 29.8 Å². The van der Waals surface area contributed by atoms with Crippen molar-refractivity contribution in [2.45, 2.75) is 25.2 Å². The van der Waals surface area contributed by atoms with Crippen LogP contribution >= 0.6 is 0 Å². The van der Waals surface area contributed by atoms with Crippen LogP contribution in [0.4, 0.5) is 23.7 Å². The quantitative estimate of drug-likeness (QED) is 0.872. The number of hydrogen-bond acceptors (Lipinski definition) is 3. The number of alkyl halides is 3. The summed E-state index contributed by atoms with van der Waals surface area (Å²) in [5, 5.41) is 5.39. The van der Waals surface area contributed by atoms with Gasteiger partial charge >= 0.3 is 12.2 Å². The molecule has 2 rings (SSSR count). The van der Waals surface area contributed by atoms with E-state index in [1.54, 1.807) is 25.3 Å². The summed E-state index contributed by atoms with van der Waals surface area (Å²) in [4.78, 5) is 13.2. The number of carbonyl (C=O) groups is 1. The third-order valence-corrected chi connectivity index (χ3v) is 3.51. The normalized spacial score (nSPS) is 18.9. The van der Waals surface area contributed by atoms with Crippen molar-refractivity contribution in [3.63, 3.8) is 0 Å². The number of carbonyl (C=O) groups excluding carboxylic acids is 1. The van der Waals surface area contributed by atoms with Crippen LogP contribution in [-0.4, -0.2) is 49.9 Å². The van der Waals surface area contributed by atoms with Crippen molar-refractivity contribution in [1.29, 1.82) is 0 Å². The molecule has 1 atom stereocenters. The Labute approximate surface area is 132 Å². The highest BCUT2D eigenvalue weighted by Gasteiger charge is 2.34. The van der Waals surface area contributed by atoms with E-state index < -0.39 is 18.8 Å². The Morgan fingerprint density at radius 2 is 2.22 bits per heavy atom. The summed E-state index contributed by atoms with van der Waals surface area (Å²) in [5.74, 6) is 0. The van der Waals surface area contributed by atoms with Crippen LogP contribution in [0.1, 0.15) is 12.0 Å². The fourth-order valence-electron chi connectivity index (χ4n) is 2.61. The van der Waals surface area contributed by atoms with E-state index in [9.17, 15) is 18.0 Å². The zero-order chi connectivity index (χ0) is 16.9. The minimum Gasteiger partial charge on any atom is -0.380 e. The molecule has 1 heterocycles. The van der Waals surface area contributed by atoms with Crippen LogP contribution in [0.5, 0.6) is 0 Å². The molecule has 0 radical (unpaired) electrons. The smallest absolute Gasteiger partial charge is 0.380 e. The van der Waals surface area contributed by atoms with Gasteiger partial charge in [-0.2, -0.15) is 13.2 Å². The molecule has 1 aromatic carbocycles. The van der Waals surface area contributed by atoms with Crippen LogP contribution < -0.4 is 10.6 Å². The third-order valence-electron chi connectivity index (χ3n) is 3.51. The van der Waals surface area contributed by atoms with E-state index in [1.165, 1.54) is 4.90 Å². The molecule has 1 aliphatic heterocycles. The molecule has 0 aromatic heterocycles. The van der Waals surface area contributed by atoms with Crippen molar-refractivity contribution < 1.29 is 22.7 Å². The molecule has 0 spiro atoms. The second kappa shape index (κ2) is 7.65. The highest BCUT2D eigenvalue weighted by molar-refractivity contribution is 5.89. The van der Waals surface area contributed by atoms with Gasteiger partial charge in [0.2, 0.25) is 0 Å². The SMILES string of the molecule is COCc1cccc(NC(=O)N[C@H]2CCN(CC(F)(F)F)C2)c1. The van der Waals surface area contributed by atoms with Crippen LogP contribution in [0.3, 0.4) is 0 Å². The minimum absolute atomic E-state index is 0.205. The maximum absolute atomic E-state index is 12.3. The molecule has 2 N–H and O–H groups in total. The summed E-state index contributed by atoms with van der Waals surface area (Å²) in [7, 11) is 1.58. The number of methoxy groups -OCH3 is 1. The van der Waals surface area contributed by atoms with Crippen molar-refractivity contribution in [3.8, 4) is 0 Å². The fraction of sp³-hybridized carbons (Fsp3) is 0.533. The molecule has 1 aromatic rings. The van der Waals surface area contributed by atoms with Crippen molar-refractivity contribution >= 4 is 11.7 Å². The summed E-state index contributed by atoms with van der Waals surface area (Å²) in [5.41, 5.74) is 1.53. The Balaban J connectivity index is 1.80. The van der Waals surface area contributed by atoms with E-state index in [1.807, 2.05) is 6.07 Å². The van der Waals surface area contributed by atoms with Crippen LogP contribution in [0.25, 0.3) is 0 Å². The number of nitrogens with one attached hydrogen (secondary N) is 2. The highest BCUT2D eigenvalue weighted by atomic mass is 19.4. The fourth-order valence-corrected chi connectivity index (χ4v) is 2.61. The number of urea groups is 1. The largest absolute Gasteiger partial charge is 0.401 e. The van der Waals surface area contributed by atoms with Crippen LogP contribution in [0.2, 0.25) is 0 Å². The zero-order valence-electron chi connectivity index (χ0n) is 12.8. The molecule has 1 fully saturated rings. The maximum Gasteiger partial charge on any atom is 0.401 e. The Morgan fingerprint density at radius 1 is 1.43 bits per heavy atom. The first-order valence-electron chi connectivity index (χ1n) is 7.30. The lowest BCUT2D eigenvalue weighted by Crippen LogP contribution is -2.41. The van der Waals surface area contributed by atoms with E-state index in [0.717, 1.165) is 5.56 Å². The van der Waals surface area contributed by atoms with Gasteiger partial charge in [-0.15, -0.1) is 0 Å². The average molecular weight is 331 g/mol. The Kier molecular flexibility index (Phi) is 5.84. The number of nitrogens with zero attached hydrogens (tertiary/aromatic N) is 1. The van der Waals surface area contributed by atoms with Gasteiger partial charge in [-0.05, 0) is 24.1 Å². The average Bonchev–Trinajstić information content (AvgIpc) is 2.84. The predicted molar refractivity (Wildman–Crippen MR) is 80.2 cm³/mol. The molecular weight excluding hydrogens is 311 g/mol. The van der Waals surface area contributed by atoms with Crippen LogP contribution in [0, 0.1) is 0 Å². The Morgan fingerprint density at radius 3 is 2.91 bits per heavy atom. The number of rotatable bonds is 5. The predicted octanol–water partition coefficient (Wildman–Crippen LogP) is 2.59. The van der Waals surface area contributed by atoms with Crippen molar-refractivity contribution in [2.75, 3.05) is 32.1 Å². The van der Waals surface area contributed by atoms with Gasteiger partial charge in [0, 0.05) is 31.9 Å². The topological polar surface area (TPSA) is 53.6 Å². The van der Waals surface area contributed by atoms with Gasteiger partial charge in [-0.3, -0.25) is 4.90 Å². The first kappa shape index (κ1) is 17.6. The number of likely N-dealkylation sites (tertiary alicyclic amines) is 1. The van der Waals surface area contributed by atoms with Gasteiger partial charge in [-0.1, -0.05) is 12.1 Å². The molecule has 5 nitrogen and oxygen atoms in total. The third kappa shape index (κ3) is 6.07. The van der Waals surface area contributed by atoms with Crippen molar-refractivity contribution in [1.82, 2.24) is 10.2 Å². The van der Waals surface area contributed by atoms with Gasteiger partial charge in [0.25, 0.3) is 0 Å². The lowest BCUT2D eigenvalue weighted by Gasteiger charge is -2.18. The Bertz CT molecular complexity index is 537. The lowest BCUT2D eigenvalue weighted by molar-refractivity contribution is -0.143. The second-order valence-electron chi connectivity index (χ2n) is 5.57. The molecule has 2 amide bonds. The summed E-state index contributed by atoms with van der Waals surface area (Å²) in [6, 6.07) is 6.50. The Hall–Kier alpha value is -1.80. The maximum atomic E-state index is 12.3. The van der Waals surface area contributed by atoms with Crippen LogP contribution in [-0.2, 0) is 11.3 Å². The van der Waals surface area contributed by atoms with E-state index in [2.05, 4.69) is 10.6 Å². The molecule has 128 valence electrons. The minimum atomic E-state index is -4.21. The lowest BCUT2D eigenvalue weighted by atomic mass is 10.2. The first-order chi connectivity index (χ1) is 10.9. The van der Waals surface area contributed by atoms with Gasteiger partial charge in [0.05, 0.1) is 13.2 Å².